The molecule has 0 bridgehead atoms. The topological polar surface area (TPSA) is 0 Å². The first kappa shape index (κ1) is 10.6. The normalized spacial score (nSPS) is 31.2. The molecule has 1 aromatic rings. The highest BCUT2D eigenvalue weighted by atomic mass is 79.9. The van der Waals surface area contributed by atoms with Gasteiger partial charge in [0.1, 0.15) is 0 Å². The second-order valence-corrected chi connectivity index (χ2v) is 6.30. The van der Waals surface area contributed by atoms with Crippen molar-refractivity contribution in [3.63, 3.8) is 0 Å². The van der Waals surface area contributed by atoms with Gasteiger partial charge in [0.2, 0.25) is 0 Å². The van der Waals surface area contributed by atoms with Gasteiger partial charge in [-0.3, -0.25) is 0 Å². The van der Waals surface area contributed by atoms with Crippen LogP contribution in [-0.4, -0.2) is 4.83 Å². The van der Waals surface area contributed by atoms with Gasteiger partial charge in [0.15, 0.2) is 0 Å². The fourth-order valence-electron chi connectivity index (χ4n) is 3.33. The van der Waals surface area contributed by atoms with Gasteiger partial charge in [0.05, 0.1) is 0 Å². The highest BCUT2D eigenvalue weighted by Crippen LogP contribution is 2.56. The summed E-state index contributed by atoms with van der Waals surface area (Å²) in [4.78, 5) is 0.373. The fourth-order valence-corrected chi connectivity index (χ4v) is 3.87. The Balaban J connectivity index is 2.09. The largest absolute Gasteiger partial charge is 0.0832 e. The minimum atomic E-state index is 0.0766. The maximum absolute atomic E-state index is 3.81. The molecule has 0 spiro atoms. The minimum absolute atomic E-state index is 0.0766. The van der Waals surface area contributed by atoms with Crippen LogP contribution >= 0.6 is 15.9 Å². The van der Waals surface area contributed by atoms with E-state index in [4.69, 9.17) is 0 Å². The van der Waals surface area contributed by atoms with Crippen molar-refractivity contribution in [3.05, 3.63) is 71.3 Å². The highest BCUT2D eigenvalue weighted by molar-refractivity contribution is 9.09. The Morgan fingerprint density at radius 3 is 2.78 bits per heavy atom. The van der Waals surface area contributed by atoms with Crippen LogP contribution in [0.5, 0.6) is 0 Å². The Bertz CT molecular complexity index is 673. The highest BCUT2D eigenvalue weighted by Gasteiger charge is 2.43. The second kappa shape index (κ2) is 3.36. The van der Waals surface area contributed by atoms with Crippen LogP contribution in [0.25, 0.3) is 11.1 Å². The Morgan fingerprint density at radius 1 is 1.17 bits per heavy atom. The zero-order valence-electron chi connectivity index (χ0n) is 10.2. The lowest BCUT2D eigenvalue weighted by molar-refractivity contribution is 0.555. The number of rotatable bonds is 0. The molecule has 3 aliphatic carbocycles. The average Bonchev–Trinajstić information content (AvgIpc) is 2.72. The molecular weight excluding hydrogens is 284 g/mol. The predicted octanol–water partition coefficient (Wildman–Crippen LogP) is 4.75. The molecule has 2 atom stereocenters. The summed E-state index contributed by atoms with van der Waals surface area (Å²) >= 11 is 3.81. The third-order valence-electron chi connectivity index (χ3n) is 4.29. The summed E-state index contributed by atoms with van der Waals surface area (Å²) in [5, 5.41) is 0. The molecule has 0 aromatic heterocycles. The smallest absolute Gasteiger partial charge is 0.0458 e. The first-order chi connectivity index (χ1) is 8.72. The molecule has 1 aromatic carbocycles. The Labute approximate surface area is 116 Å². The minimum Gasteiger partial charge on any atom is -0.0832 e. The lowest BCUT2D eigenvalue weighted by Gasteiger charge is -2.37. The van der Waals surface area contributed by atoms with Gasteiger partial charge in [-0.2, -0.15) is 0 Å². The van der Waals surface area contributed by atoms with Crippen LogP contribution in [0.3, 0.4) is 0 Å². The van der Waals surface area contributed by atoms with Crippen molar-refractivity contribution in [2.75, 3.05) is 0 Å². The number of alkyl halides is 1. The molecule has 0 fully saturated rings. The molecule has 0 radical (unpaired) electrons. The summed E-state index contributed by atoms with van der Waals surface area (Å²) in [5.41, 5.74) is 7.12. The van der Waals surface area contributed by atoms with Crippen LogP contribution in [0.15, 0.2) is 60.2 Å². The quantitative estimate of drug-likeness (QED) is 0.606. The van der Waals surface area contributed by atoms with Gasteiger partial charge in [-0.15, -0.1) is 0 Å². The van der Waals surface area contributed by atoms with Crippen molar-refractivity contribution >= 4 is 27.1 Å². The molecule has 18 heavy (non-hydrogen) atoms. The van der Waals surface area contributed by atoms with Gasteiger partial charge >= 0.3 is 0 Å². The van der Waals surface area contributed by atoms with E-state index >= 15 is 0 Å². The fraction of sp³-hybridized carbons (Fsp3) is 0.176. The Hall–Kier alpha value is -1.34. The summed E-state index contributed by atoms with van der Waals surface area (Å²) in [6.45, 7) is 2.32. The molecule has 1 heteroatoms. The van der Waals surface area contributed by atoms with E-state index in [1.807, 2.05) is 0 Å². The molecule has 0 heterocycles. The SMILES string of the molecule is CC12C=CC=C3C1=C(C=CC2Br)c1ccccc13. The number of fused-ring (bicyclic) bond motifs is 3. The van der Waals surface area contributed by atoms with E-state index in [2.05, 4.69) is 77.5 Å². The van der Waals surface area contributed by atoms with Crippen LogP contribution in [0.2, 0.25) is 0 Å². The van der Waals surface area contributed by atoms with Gasteiger partial charge in [0, 0.05) is 10.2 Å². The zero-order chi connectivity index (χ0) is 12.3. The van der Waals surface area contributed by atoms with Gasteiger partial charge in [-0.25, -0.2) is 0 Å². The number of hydrogen-bond acceptors (Lipinski definition) is 0. The molecule has 3 aliphatic rings. The third kappa shape index (κ3) is 1.11. The molecule has 0 amide bonds. The van der Waals surface area contributed by atoms with Crippen LogP contribution < -0.4 is 0 Å². The van der Waals surface area contributed by atoms with Crippen molar-refractivity contribution in [2.24, 2.45) is 5.41 Å². The maximum atomic E-state index is 3.81. The first-order valence-electron chi connectivity index (χ1n) is 6.28. The zero-order valence-corrected chi connectivity index (χ0v) is 11.7. The molecule has 0 N–H and O–H groups in total. The van der Waals surface area contributed by atoms with E-state index in [1.54, 1.807) is 0 Å². The van der Waals surface area contributed by atoms with Crippen molar-refractivity contribution < 1.29 is 0 Å². The van der Waals surface area contributed by atoms with E-state index < -0.39 is 0 Å². The summed E-state index contributed by atoms with van der Waals surface area (Å²) in [5.74, 6) is 0. The van der Waals surface area contributed by atoms with Crippen LogP contribution in [0, 0.1) is 5.41 Å². The Morgan fingerprint density at radius 2 is 1.94 bits per heavy atom. The van der Waals surface area contributed by atoms with Crippen molar-refractivity contribution in [1.29, 1.82) is 0 Å². The molecule has 2 unspecified atom stereocenters. The lowest BCUT2D eigenvalue weighted by Crippen LogP contribution is -2.30. The number of hydrogen-bond donors (Lipinski definition) is 0. The van der Waals surface area contributed by atoms with Crippen LogP contribution in [0.1, 0.15) is 18.1 Å². The number of halogens is 1. The standard InChI is InChI=1S/C17H13Br/c1-17-10-4-7-13-11-5-2-3-6-12(11)14(16(13)17)8-9-15(17)18/h2-10,15H,1H3. The monoisotopic (exact) mass is 296 g/mol. The van der Waals surface area contributed by atoms with Crippen molar-refractivity contribution in [2.45, 2.75) is 11.8 Å². The molecule has 88 valence electrons. The molecular formula is C17H13Br. The average molecular weight is 297 g/mol. The van der Waals surface area contributed by atoms with Crippen molar-refractivity contribution in [1.82, 2.24) is 0 Å². The number of allylic oxidation sites excluding steroid dienone is 8. The first-order valence-corrected chi connectivity index (χ1v) is 7.20. The summed E-state index contributed by atoms with van der Waals surface area (Å²) < 4.78 is 0. The predicted molar refractivity (Wildman–Crippen MR) is 80.4 cm³/mol. The Kier molecular flexibility index (Phi) is 1.97. The van der Waals surface area contributed by atoms with Crippen LogP contribution in [0.4, 0.5) is 0 Å². The van der Waals surface area contributed by atoms with E-state index in [9.17, 15) is 0 Å². The lowest BCUT2D eigenvalue weighted by atomic mass is 9.70. The molecule has 0 saturated heterocycles. The third-order valence-corrected chi connectivity index (χ3v) is 5.55. The van der Waals surface area contributed by atoms with E-state index in [0.29, 0.717) is 4.83 Å². The van der Waals surface area contributed by atoms with Gasteiger partial charge in [-0.05, 0) is 27.8 Å². The van der Waals surface area contributed by atoms with Gasteiger partial charge in [-0.1, -0.05) is 77.5 Å². The summed E-state index contributed by atoms with van der Waals surface area (Å²) in [6, 6.07) is 8.72. The molecule has 0 aliphatic heterocycles. The summed E-state index contributed by atoms with van der Waals surface area (Å²) in [7, 11) is 0. The van der Waals surface area contributed by atoms with E-state index in [-0.39, 0.29) is 5.41 Å². The van der Waals surface area contributed by atoms with Gasteiger partial charge in [0.25, 0.3) is 0 Å². The molecule has 4 rings (SSSR count). The summed E-state index contributed by atoms with van der Waals surface area (Å²) in [6.07, 6.45) is 11.3. The van der Waals surface area contributed by atoms with Crippen LogP contribution in [-0.2, 0) is 0 Å². The van der Waals surface area contributed by atoms with Gasteiger partial charge < -0.3 is 0 Å². The van der Waals surface area contributed by atoms with E-state index in [0.717, 1.165) is 0 Å². The van der Waals surface area contributed by atoms with E-state index in [1.165, 1.54) is 27.8 Å². The van der Waals surface area contributed by atoms with Crippen molar-refractivity contribution in [3.8, 4) is 0 Å². The maximum Gasteiger partial charge on any atom is 0.0458 e. The molecule has 0 saturated carbocycles. The molecule has 0 nitrogen and oxygen atoms in total. The number of benzene rings is 1. The second-order valence-electron chi connectivity index (χ2n) is 5.32.